The molecule has 21 heavy (non-hydrogen) atoms. The van der Waals surface area contributed by atoms with Crippen LogP contribution in [-0.2, 0) is 12.7 Å². The van der Waals surface area contributed by atoms with Gasteiger partial charge in [-0.15, -0.1) is 0 Å². The van der Waals surface area contributed by atoms with Gasteiger partial charge in [-0.3, -0.25) is 14.8 Å². The molecule has 0 bridgehead atoms. The smallest absolute Gasteiger partial charge is 0.383 e. The van der Waals surface area contributed by atoms with Crippen molar-refractivity contribution in [1.29, 1.82) is 0 Å². The van der Waals surface area contributed by atoms with Crippen LogP contribution in [0.1, 0.15) is 5.56 Å². The van der Waals surface area contributed by atoms with Gasteiger partial charge in [0.15, 0.2) is 0 Å². The first-order valence-electron chi connectivity index (χ1n) is 5.95. The summed E-state index contributed by atoms with van der Waals surface area (Å²) in [7, 11) is 0. The predicted molar refractivity (Wildman–Crippen MR) is 68.8 cm³/mol. The van der Waals surface area contributed by atoms with Gasteiger partial charge in [0.1, 0.15) is 5.56 Å². The second-order valence-corrected chi connectivity index (χ2v) is 4.18. The molecule has 0 aliphatic heterocycles. The summed E-state index contributed by atoms with van der Waals surface area (Å²) in [6, 6.07) is 4.56. The fraction of sp³-hybridized carbons (Fsp3) is 0.250. The second kappa shape index (κ2) is 5.81. The molecular formula is C12H11F3N4O2. The zero-order chi connectivity index (χ0) is 15.5. The minimum Gasteiger partial charge on any atom is -0.383 e. The van der Waals surface area contributed by atoms with Crippen molar-refractivity contribution < 1.29 is 18.1 Å². The van der Waals surface area contributed by atoms with E-state index in [0.29, 0.717) is 13.1 Å². The summed E-state index contributed by atoms with van der Waals surface area (Å²) < 4.78 is 40.0. The van der Waals surface area contributed by atoms with Gasteiger partial charge in [0.05, 0.1) is 11.5 Å². The third-order valence-electron chi connectivity index (χ3n) is 2.73. The van der Waals surface area contributed by atoms with Crippen molar-refractivity contribution in [3.63, 3.8) is 0 Å². The quantitative estimate of drug-likeness (QED) is 0.680. The van der Waals surface area contributed by atoms with Gasteiger partial charge in [0.2, 0.25) is 0 Å². The SMILES string of the molecule is O=[N+]([O-])c1ccc(NCCn2cccn2)cc1C(F)(F)F. The molecule has 6 nitrogen and oxygen atoms in total. The van der Waals surface area contributed by atoms with Gasteiger partial charge in [-0.2, -0.15) is 18.3 Å². The van der Waals surface area contributed by atoms with E-state index in [1.54, 1.807) is 23.1 Å². The molecule has 1 aromatic carbocycles. The van der Waals surface area contributed by atoms with Gasteiger partial charge in [-0.05, 0) is 18.2 Å². The number of alkyl halides is 3. The molecule has 2 aromatic rings. The van der Waals surface area contributed by atoms with Crippen LogP contribution in [0.15, 0.2) is 36.7 Å². The van der Waals surface area contributed by atoms with E-state index < -0.39 is 22.4 Å². The van der Waals surface area contributed by atoms with Crippen LogP contribution in [0.3, 0.4) is 0 Å². The normalized spacial score (nSPS) is 11.4. The average molecular weight is 300 g/mol. The molecule has 0 spiro atoms. The van der Waals surface area contributed by atoms with Crippen LogP contribution < -0.4 is 5.32 Å². The van der Waals surface area contributed by atoms with Crippen LogP contribution in [-0.4, -0.2) is 21.2 Å². The van der Waals surface area contributed by atoms with Gasteiger partial charge in [-0.1, -0.05) is 0 Å². The highest BCUT2D eigenvalue weighted by Crippen LogP contribution is 2.37. The minimum absolute atomic E-state index is 0.167. The number of hydrogen-bond acceptors (Lipinski definition) is 4. The van der Waals surface area contributed by atoms with Gasteiger partial charge in [0.25, 0.3) is 5.69 Å². The molecule has 0 amide bonds. The molecule has 0 saturated carbocycles. The lowest BCUT2D eigenvalue weighted by Crippen LogP contribution is -2.13. The average Bonchev–Trinajstić information content (AvgIpc) is 2.90. The molecule has 0 aliphatic rings. The second-order valence-electron chi connectivity index (χ2n) is 4.18. The zero-order valence-corrected chi connectivity index (χ0v) is 10.7. The largest absolute Gasteiger partial charge is 0.423 e. The number of rotatable bonds is 5. The van der Waals surface area contributed by atoms with E-state index in [-0.39, 0.29) is 5.69 Å². The summed E-state index contributed by atoms with van der Waals surface area (Å²) in [6.45, 7) is 0.808. The van der Waals surface area contributed by atoms with E-state index in [0.717, 1.165) is 12.1 Å². The Balaban J connectivity index is 2.12. The highest BCUT2D eigenvalue weighted by molar-refractivity contribution is 5.55. The fourth-order valence-corrected chi connectivity index (χ4v) is 1.78. The van der Waals surface area contributed by atoms with E-state index in [1.807, 2.05) is 0 Å². The molecule has 2 rings (SSSR count). The van der Waals surface area contributed by atoms with Crippen LogP contribution in [0.2, 0.25) is 0 Å². The van der Waals surface area contributed by atoms with Crippen LogP contribution in [0.25, 0.3) is 0 Å². The van der Waals surface area contributed by atoms with Crippen molar-refractivity contribution in [3.05, 3.63) is 52.3 Å². The Morgan fingerprint density at radius 1 is 1.38 bits per heavy atom. The summed E-state index contributed by atoms with van der Waals surface area (Å²) in [5, 5.41) is 17.3. The summed E-state index contributed by atoms with van der Waals surface area (Å²) in [5.74, 6) is 0. The Hall–Kier alpha value is -2.58. The highest BCUT2D eigenvalue weighted by Gasteiger charge is 2.38. The van der Waals surface area contributed by atoms with Crippen molar-refractivity contribution in [2.45, 2.75) is 12.7 Å². The number of benzene rings is 1. The van der Waals surface area contributed by atoms with Crippen LogP contribution in [0, 0.1) is 10.1 Å². The molecule has 1 N–H and O–H groups in total. The molecule has 0 saturated heterocycles. The topological polar surface area (TPSA) is 73.0 Å². The number of nitro groups is 1. The number of nitrogens with one attached hydrogen (secondary N) is 1. The third kappa shape index (κ3) is 3.71. The van der Waals surface area contributed by atoms with Crippen molar-refractivity contribution >= 4 is 11.4 Å². The monoisotopic (exact) mass is 300 g/mol. The minimum atomic E-state index is -4.78. The predicted octanol–water partition coefficient (Wildman–Crippen LogP) is 2.92. The number of halogens is 3. The lowest BCUT2D eigenvalue weighted by atomic mass is 10.1. The fourth-order valence-electron chi connectivity index (χ4n) is 1.78. The number of aromatic nitrogens is 2. The molecule has 0 atom stereocenters. The maximum Gasteiger partial charge on any atom is 0.423 e. The maximum absolute atomic E-state index is 12.8. The molecule has 0 radical (unpaired) electrons. The number of hydrogen-bond donors (Lipinski definition) is 1. The molecule has 0 unspecified atom stereocenters. The van der Waals surface area contributed by atoms with Gasteiger partial charge in [-0.25, -0.2) is 0 Å². The molecule has 9 heteroatoms. The Labute approximate surface area is 117 Å². The first kappa shape index (κ1) is 14.8. The van der Waals surface area contributed by atoms with Crippen LogP contribution >= 0.6 is 0 Å². The molecule has 112 valence electrons. The molecule has 1 heterocycles. The Morgan fingerprint density at radius 2 is 2.14 bits per heavy atom. The first-order chi connectivity index (χ1) is 9.88. The van der Waals surface area contributed by atoms with E-state index in [9.17, 15) is 23.3 Å². The van der Waals surface area contributed by atoms with Crippen molar-refractivity contribution in [3.8, 4) is 0 Å². The van der Waals surface area contributed by atoms with Crippen molar-refractivity contribution in [1.82, 2.24) is 9.78 Å². The van der Waals surface area contributed by atoms with Crippen molar-refractivity contribution in [2.75, 3.05) is 11.9 Å². The maximum atomic E-state index is 12.8. The summed E-state index contributed by atoms with van der Waals surface area (Å²) in [4.78, 5) is 9.58. The lowest BCUT2D eigenvalue weighted by molar-refractivity contribution is -0.388. The zero-order valence-electron chi connectivity index (χ0n) is 10.7. The van der Waals surface area contributed by atoms with Gasteiger partial charge in [0, 0.05) is 30.7 Å². The number of nitrogens with zero attached hydrogens (tertiary/aromatic N) is 3. The molecule has 1 aromatic heterocycles. The molecule has 0 aliphatic carbocycles. The summed E-state index contributed by atoms with van der Waals surface area (Å²) in [6.07, 6.45) is -1.46. The standard InChI is InChI=1S/C12H11F3N4O2/c13-12(14,15)10-8-9(2-3-11(10)19(20)21)16-5-7-18-6-1-4-17-18/h1-4,6,8,16H,5,7H2. The molecular weight excluding hydrogens is 289 g/mol. The van der Waals surface area contributed by atoms with E-state index in [2.05, 4.69) is 10.4 Å². The lowest BCUT2D eigenvalue weighted by Gasteiger charge is -2.11. The third-order valence-corrected chi connectivity index (χ3v) is 2.73. The number of anilines is 1. The van der Waals surface area contributed by atoms with Crippen LogP contribution in [0.5, 0.6) is 0 Å². The van der Waals surface area contributed by atoms with Crippen LogP contribution in [0.4, 0.5) is 24.5 Å². The molecule has 0 fully saturated rings. The first-order valence-corrected chi connectivity index (χ1v) is 5.95. The highest BCUT2D eigenvalue weighted by atomic mass is 19.4. The Morgan fingerprint density at radius 3 is 2.71 bits per heavy atom. The van der Waals surface area contributed by atoms with E-state index in [1.165, 1.54) is 6.07 Å². The number of nitro benzene ring substituents is 1. The van der Waals surface area contributed by atoms with Gasteiger partial charge < -0.3 is 5.32 Å². The summed E-state index contributed by atoms with van der Waals surface area (Å²) >= 11 is 0. The van der Waals surface area contributed by atoms with Crippen molar-refractivity contribution in [2.24, 2.45) is 0 Å². The van der Waals surface area contributed by atoms with E-state index >= 15 is 0 Å². The Kier molecular flexibility index (Phi) is 4.10. The van der Waals surface area contributed by atoms with E-state index in [4.69, 9.17) is 0 Å². The summed E-state index contributed by atoms with van der Waals surface area (Å²) in [5.41, 5.74) is -2.06. The Bertz CT molecular complexity index is 626. The van der Waals surface area contributed by atoms with Gasteiger partial charge >= 0.3 is 6.18 Å².